The predicted octanol–water partition coefficient (Wildman–Crippen LogP) is 13.5. The highest BCUT2D eigenvalue weighted by Crippen LogP contribution is 2.19. The molecule has 1 aromatic rings. The van der Waals surface area contributed by atoms with E-state index in [-0.39, 0.29) is 44.1 Å². The Balaban J connectivity index is 2.83. The van der Waals surface area contributed by atoms with Gasteiger partial charge in [0.1, 0.15) is 25.6 Å². The van der Waals surface area contributed by atoms with Gasteiger partial charge in [0, 0.05) is 51.4 Å². The molecule has 14 heteroatoms. The molecule has 0 N–H and O–H groups in total. The van der Waals surface area contributed by atoms with E-state index in [9.17, 15) is 24.5 Å². The Labute approximate surface area is 392 Å². The summed E-state index contributed by atoms with van der Waals surface area (Å²) in [5.74, 6) is -1.63. The second-order valence-corrected chi connectivity index (χ2v) is 17.1. The summed E-state index contributed by atoms with van der Waals surface area (Å²) >= 11 is 0. The Hall–Kier alpha value is -3.33. The van der Waals surface area contributed by atoms with Crippen molar-refractivity contribution in [3.05, 3.63) is 34.4 Å². The molecule has 0 atom stereocenters. The third-order valence-corrected chi connectivity index (χ3v) is 11.0. The number of nitro groups is 1. The molecule has 376 valence electrons. The molecule has 0 radical (unpaired) electrons. The molecule has 0 bridgehead atoms. The van der Waals surface area contributed by atoms with E-state index in [0.29, 0.717) is 39.3 Å². The Morgan fingerprint density at radius 3 is 1.14 bits per heavy atom. The van der Waals surface area contributed by atoms with Gasteiger partial charge in [0.2, 0.25) is 0 Å². The van der Waals surface area contributed by atoms with E-state index in [1.165, 1.54) is 127 Å². The summed E-state index contributed by atoms with van der Waals surface area (Å²) in [5, 5.41) is 11.0. The maximum Gasteiger partial charge on any atom is 0.513 e. The zero-order valence-corrected chi connectivity index (χ0v) is 41.0. The van der Waals surface area contributed by atoms with Gasteiger partial charge >= 0.3 is 18.1 Å². The molecular formula is C51H89NO13. The van der Waals surface area contributed by atoms with E-state index >= 15 is 0 Å². The topological polar surface area (TPSA) is 168 Å². The number of carbonyl (C=O) groups excluding carboxylic acids is 3. The molecular weight excluding hydrogens is 835 g/mol. The Bertz CT molecular complexity index is 1200. The van der Waals surface area contributed by atoms with Crippen molar-refractivity contribution in [1.29, 1.82) is 0 Å². The van der Waals surface area contributed by atoms with Gasteiger partial charge in [0.05, 0.1) is 23.7 Å². The molecule has 0 heterocycles. The summed E-state index contributed by atoms with van der Waals surface area (Å²) in [4.78, 5) is 49.2. The minimum atomic E-state index is -1.07. The van der Waals surface area contributed by atoms with Crippen LogP contribution in [0.25, 0.3) is 0 Å². The largest absolute Gasteiger partial charge is 0.513 e. The predicted molar refractivity (Wildman–Crippen MR) is 254 cm³/mol. The van der Waals surface area contributed by atoms with Crippen molar-refractivity contribution >= 4 is 23.8 Å². The average molecular weight is 924 g/mol. The molecule has 65 heavy (non-hydrogen) atoms. The van der Waals surface area contributed by atoms with Crippen LogP contribution in [0.15, 0.2) is 24.3 Å². The normalized spacial score (nSPS) is 11.4. The molecule has 0 aliphatic carbocycles. The number of esters is 2. The zero-order valence-electron chi connectivity index (χ0n) is 41.0. The van der Waals surface area contributed by atoms with Gasteiger partial charge in [-0.15, -0.1) is 0 Å². The smallest absolute Gasteiger partial charge is 0.465 e. The van der Waals surface area contributed by atoms with Crippen LogP contribution < -0.4 is 4.74 Å². The van der Waals surface area contributed by atoms with Crippen LogP contribution >= 0.6 is 0 Å². The minimum Gasteiger partial charge on any atom is -0.465 e. The number of unbranched alkanes of at least 4 members (excludes halogenated alkanes) is 20. The number of hydrogen-bond donors (Lipinski definition) is 0. The van der Waals surface area contributed by atoms with E-state index in [0.717, 1.165) is 51.4 Å². The van der Waals surface area contributed by atoms with Gasteiger partial charge in [-0.2, -0.15) is 0 Å². The number of hydrogen-bond acceptors (Lipinski definition) is 13. The van der Waals surface area contributed by atoms with E-state index in [1.54, 1.807) is 0 Å². The molecule has 1 rings (SSSR count). The standard InChI is InChI=1S/C51H89NO13/c1-5-9-13-17-21-25-37-58-49(59-38-26-22-18-14-10-6-2)35-33-47(53)62-41-44(43-64-51(55)65-46-31-29-45(30-32-46)52(56)57)42-63-48(54)34-36-50(60-39-27-23-19-15-11-7-3)61-40-28-24-20-16-12-8-4/h29-32,44,49-50H,5-28,33-43H2,1-4H3. The summed E-state index contributed by atoms with van der Waals surface area (Å²) in [6.45, 7) is 10.3. The molecule has 0 aromatic heterocycles. The number of ether oxygens (including phenoxy) is 8. The Morgan fingerprint density at radius 2 is 0.800 bits per heavy atom. The lowest BCUT2D eigenvalue weighted by molar-refractivity contribution is -0.384. The van der Waals surface area contributed by atoms with Crippen molar-refractivity contribution in [3.63, 3.8) is 0 Å². The molecule has 0 saturated heterocycles. The van der Waals surface area contributed by atoms with Crippen molar-refractivity contribution in [3.8, 4) is 5.75 Å². The molecule has 0 aliphatic heterocycles. The fourth-order valence-corrected chi connectivity index (χ4v) is 6.95. The summed E-state index contributed by atoms with van der Waals surface area (Å²) in [6.07, 6.45) is 25.9. The first-order chi connectivity index (χ1) is 31.7. The van der Waals surface area contributed by atoms with Crippen molar-refractivity contribution in [2.45, 2.75) is 220 Å². The maximum absolute atomic E-state index is 13.1. The molecule has 1 aromatic carbocycles. The lowest BCUT2D eigenvalue weighted by Crippen LogP contribution is -2.28. The number of nitro benzene ring substituents is 1. The summed E-state index contributed by atoms with van der Waals surface area (Å²) in [6, 6.07) is 4.98. The highest BCUT2D eigenvalue weighted by Gasteiger charge is 2.21. The third kappa shape index (κ3) is 36.5. The van der Waals surface area contributed by atoms with Crippen LogP contribution in [-0.2, 0) is 42.7 Å². The lowest BCUT2D eigenvalue weighted by Gasteiger charge is -2.20. The van der Waals surface area contributed by atoms with Crippen molar-refractivity contribution in [2.75, 3.05) is 46.2 Å². The van der Waals surface area contributed by atoms with Crippen LogP contribution in [0.2, 0.25) is 0 Å². The van der Waals surface area contributed by atoms with E-state index in [2.05, 4.69) is 27.7 Å². The van der Waals surface area contributed by atoms with Gasteiger partial charge < -0.3 is 37.9 Å². The maximum atomic E-state index is 13.1. The van der Waals surface area contributed by atoms with Gasteiger partial charge in [-0.25, -0.2) is 4.79 Å². The molecule has 0 fully saturated rings. The van der Waals surface area contributed by atoms with Crippen LogP contribution in [0.4, 0.5) is 10.5 Å². The molecule has 0 unspecified atom stereocenters. The highest BCUT2D eigenvalue weighted by atomic mass is 16.7. The van der Waals surface area contributed by atoms with E-state index in [1.807, 2.05) is 0 Å². The van der Waals surface area contributed by atoms with Gasteiger partial charge in [0.25, 0.3) is 5.69 Å². The summed E-state index contributed by atoms with van der Waals surface area (Å²) in [5.41, 5.74) is -0.158. The highest BCUT2D eigenvalue weighted by molar-refractivity contribution is 5.70. The van der Waals surface area contributed by atoms with Gasteiger partial charge in [-0.1, -0.05) is 156 Å². The Kier molecular flexibility index (Phi) is 39.7. The minimum absolute atomic E-state index is 0.0477. The molecule has 0 aliphatic rings. The fourth-order valence-electron chi connectivity index (χ4n) is 6.95. The van der Waals surface area contributed by atoms with Crippen LogP contribution in [0.3, 0.4) is 0 Å². The number of benzene rings is 1. The second kappa shape index (κ2) is 43.3. The number of nitrogens with zero attached hydrogens (tertiary/aromatic N) is 1. The first-order valence-corrected chi connectivity index (χ1v) is 25.6. The van der Waals surface area contributed by atoms with Gasteiger partial charge in [0.15, 0.2) is 12.6 Å². The molecule has 0 amide bonds. The first-order valence-electron chi connectivity index (χ1n) is 25.6. The monoisotopic (exact) mass is 924 g/mol. The fraction of sp³-hybridized carbons (Fsp3) is 0.824. The zero-order chi connectivity index (χ0) is 47.4. The number of non-ortho nitro benzene ring substituents is 1. The van der Waals surface area contributed by atoms with Crippen LogP contribution in [0, 0.1) is 16.0 Å². The second-order valence-electron chi connectivity index (χ2n) is 17.1. The van der Waals surface area contributed by atoms with Crippen LogP contribution in [0.1, 0.15) is 207 Å². The molecule has 14 nitrogen and oxygen atoms in total. The molecule has 0 spiro atoms. The van der Waals surface area contributed by atoms with E-state index in [4.69, 9.17) is 37.9 Å². The van der Waals surface area contributed by atoms with Gasteiger partial charge in [-0.05, 0) is 37.8 Å². The van der Waals surface area contributed by atoms with E-state index < -0.39 is 41.5 Å². The number of rotatable bonds is 46. The molecule has 0 saturated carbocycles. The van der Waals surface area contributed by atoms with Crippen molar-refractivity contribution in [2.24, 2.45) is 5.92 Å². The average Bonchev–Trinajstić information content (AvgIpc) is 3.30. The van der Waals surface area contributed by atoms with Crippen LogP contribution in [-0.4, -0.2) is 81.8 Å². The van der Waals surface area contributed by atoms with Gasteiger partial charge in [-0.3, -0.25) is 19.7 Å². The van der Waals surface area contributed by atoms with Crippen molar-refractivity contribution in [1.82, 2.24) is 0 Å². The quantitative estimate of drug-likeness (QED) is 0.0115. The summed E-state index contributed by atoms with van der Waals surface area (Å²) in [7, 11) is 0. The van der Waals surface area contributed by atoms with Crippen LogP contribution in [0.5, 0.6) is 5.75 Å². The first kappa shape index (κ1) is 59.7. The van der Waals surface area contributed by atoms with Crippen molar-refractivity contribution < 1.29 is 57.2 Å². The number of carbonyl (C=O) groups is 3. The lowest BCUT2D eigenvalue weighted by atomic mass is 10.1. The third-order valence-electron chi connectivity index (χ3n) is 11.0. The SMILES string of the molecule is CCCCCCCCOC(CCC(=O)OCC(COC(=O)CCC(OCCCCCCCC)OCCCCCCCC)COC(=O)Oc1ccc([N+](=O)[O-])cc1)OCCCCCCCC. The summed E-state index contributed by atoms with van der Waals surface area (Å²) < 4.78 is 46.1. The Morgan fingerprint density at radius 1 is 0.477 bits per heavy atom.